The van der Waals surface area contributed by atoms with Gasteiger partial charge in [0.1, 0.15) is 17.1 Å². The van der Waals surface area contributed by atoms with Gasteiger partial charge in [-0.25, -0.2) is 4.79 Å². The zero-order valence-corrected chi connectivity index (χ0v) is 14.9. The SMILES string of the molecule is COc1ccc(CNCC(C)NC(=O)OC(C)(C)C)c(OC)c1. The smallest absolute Gasteiger partial charge is 0.407 e. The van der Waals surface area contributed by atoms with Crippen LogP contribution in [0.2, 0.25) is 0 Å². The number of nitrogens with one attached hydrogen (secondary N) is 2. The van der Waals surface area contributed by atoms with E-state index in [2.05, 4.69) is 10.6 Å². The molecule has 1 unspecified atom stereocenters. The van der Waals surface area contributed by atoms with E-state index in [9.17, 15) is 4.79 Å². The van der Waals surface area contributed by atoms with E-state index < -0.39 is 11.7 Å². The van der Waals surface area contributed by atoms with E-state index in [1.165, 1.54) is 0 Å². The summed E-state index contributed by atoms with van der Waals surface area (Å²) in [5.74, 6) is 1.52. The Morgan fingerprint density at radius 1 is 1.22 bits per heavy atom. The molecule has 130 valence electrons. The molecule has 6 heteroatoms. The van der Waals surface area contributed by atoms with Crippen LogP contribution in [0, 0.1) is 0 Å². The van der Waals surface area contributed by atoms with Crippen molar-refractivity contribution in [3.63, 3.8) is 0 Å². The van der Waals surface area contributed by atoms with Crippen LogP contribution in [0.15, 0.2) is 18.2 Å². The van der Waals surface area contributed by atoms with E-state index >= 15 is 0 Å². The number of hydrogen-bond acceptors (Lipinski definition) is 5. The summed E-state index contributed by atoms with van der Waals surface area (Å²) in [6.45, 7) is 8.69. The molecule has 0 saturated heterocycles. The molecule has 0 radical (unpaired) electrons. The van der Waals surface area contributed by atoms with E-state index in [0.29, 0.717) is 13.1 Å². The van der Waals surface area contributed by atoms with Gasteiger partial charge in [-0.15, -0.1) is 0 Å². The maximum absolute atomic E-state index is 11.7. The first-order valence-electron chi connectivity index (χ1n) is 7.66. The lowest BCUT2D eigenvalue weighted by atomic mass is 10.2. The van der Waals surface area contributed by atoms with Gasteiger partial charge < -0.3 is 24.8 Å². The lowest BCUT2D eigenvalue weighted by molar-refractivity contribution is 0.0508. The third-order valence-electron chi connectivity index (χ3n) is 3.02. The summed E-state index contributed by atoms with van der Waals surface area (Å²) in [6, 6.07) is 5.65. The average Bonchev–Trinajstić information content (AvgIpc) is 2.45. The van der Waals surface area contributed by atoms with Gasteiger partial charge in [0.2, 0.25) is 0 Å². The number of ether oxygens (including phenoxy) is 3. The molecular weight excluding hydrogens is 296 g/mol. The predicted molar refractivity (Wildman–Crippen MR) is 90.1 cm³/mol. The lowest BCUT2D eigenvalue weighted by Gasteiger charge is -2.22. The molecule has 1 amide bonds. The largest absolute Gasteiger partial charge is 0.497 e. The molecule has 0 aliphatic rings. The van der Waals surface area contributed by atoms with E-state index in [0.717, 1.165) is 17.1 Å². The zero-order chi connectivity index (χ0) is 17.5. The summed E-state index contributed by atoms with van der Waals surface area (Å²) in [5.41, 5.74) is 0.533. The van der Waals surface area contributed by atoms with Crippen LogP contribution in [-0.4, -0.2) is 38.5 Å². The van der Waals surface area contributed by atoms with Crippen molar-refractivity contribution >= 4 is 6.09 Å². The number of carbonyl (C=O) groups is 1. The van der Waals surface area contributed by atoms with Gasteiger partial charge in [0, 0.05) is 30.8 Å². The quantitative estimate of drug-likeness (QED) is 0.807. The van der Waals surface area contributed by atoms with Gasteiger partial charge in [0.15, 0.2) is 0 Å². The summed E-state index contributed by atoms with van der Waals surface area (Å²) in [4.78, 5) is 11.7. The van der Waals surface area contributed by atoms with Crippen LogP contribution in [-0.2, 0) is 11.3 Å². The van der Waals surface area contributed by atoms with E-state index in [1.54, 1.807) is 14.2 Å². The Kier molecular flexibility index (Phi) is 7.16. The van der Waals surface area contributed by atoms with Gasteiger partial charge in [-0.2, -0.15) is 0 Å². The van der Waals surface area contributed by atoms with E-state index in [-0.39, 0.29) is 6.04 Å². The molecule has 0 aliphatic heterocycles. The maximum atomic E-state index is 11.7. The highest BCUT2D eigenvalue weighted by Gasteiger charge is 2.17. The van der Waals surface area contributed by atoms with Crippen LogP contribution in [0.4, 0.5) is 4.79 Å². The highest BCUT2D eigenvalue weighted by Crippen LogP contribution is 2.24. The lowest BCUT2D eigenvalue weighted by Crippen LogP contribution is -2.42. The van der Waals surface area contributed by atoms with Gasteiger partial charge in [-0.1, -0.05) is 6.07 Å². The highest BCUT2D eigenvalue weighted by atomic mass is 16.6. The highest BCUT2D eigenvalue weighted by molar-refractivity contribution is 5.68. The molecule has 0 aromatic heterocycles. The Bertz CT molecular complexity index is 512. The fourth-order valence-corrected chi connectivity index (χ4v) is 1.98. The molecule has 0 spiro atoms. The van der Waals surface area contributed by atoms with Crippen LogP contribution in [0.1, 0.15) is 33.3 Å². The Labute approximate surface area is 138 Å². The van der Waals surface area contributed by atoms with Gasteiger partial charge >= 0.3 is 6.09 Å². The first-order chi connectivity index (χ1) is 10.7. The minimum absolute atomic E-state index is 0.0471. The predicted octanol–water partition coefficient (Wildman–Crippen LogP) is 2.71. The average molecular weight is 324 g/mol. The van der Waals surface area contributed by atoms with Crippen LogP contribution >= 0.6 is 0 Å². The molecule has 6 nitrogen and oxygen atoms in total. The first-order valence-corrected chi connectivity index (χ1v) is 7.66. The Morgan fingerprint density at radius 3 is 2.48 bits per heavy atom. The summed E-state index contributed by atoms with van der Waals surface area (Å²) in [7, 11) is 3.25. The molecule has 1 aromatic rings. The number of methoxy groups -OCH3 is 2. The third-order valence-corrected chi connectivity index (χ3v) is 3.02. The van der Waals surface area contributed by atoms with Gasteiger partial charge in [-0.3, -0.25) is 0 Å². The van der Waals surface area contributed by atoms with Crippen molar-refractivity contribution < 1.29 is 19.0 Å². The molecule has 0 heterocycles. The van der Waals surface area contributed by atoms with E-state index in [4.69, 9.17) is 14.2 Å². The molecule has 0 saturated carbocycles. The second kappa shape index (κ2) is 8.62. The molecule has 23 heavy (non-hydrogen) atoms. The summed E-state index contributed by atoms with van der Waals surface area (Å²) in [6.07, 6.45) is -0.408. The van der Waals surface area contributed by atoms with Crippen molar-refractivity contribution in [3.05, 3.63) is 23.8 Å². The van der Waals surface area contributed by atoms with Gasteiger partial charge in [0.05, 0.1) is 14.2 Å². The molecule has 2 N–H and O–H groups in total. The number of carbonyl (C=O) groups excluding carboxylic acids is 1. The molecule has 0 fully saturated rings. The normalized spacial score (nSPS) is 12.4. The molecule has 1 aromatic carbocycles. The fourth-order valence-electron chi connectivity index (χ4n) is 1.98. The van der Waals surface area contributed by atoms with Crippen LogP contribution in [0.5, 0.6) is 11.5 Å². The van der Waals surface area contributed by atoms with Crippen molar-refractivity contribution in [1.29, 1.82) is 0 Å². The van der Waals surface area contributed by atoms with Crippen molar-refractivity contribution in [3.8, 4) is 11.5 Å². The van der Waals surface area contributed by atoms with Gasteiger partial charge in [0.25, 0.3) is 0 Å². The van der Waals surface area contributed by atoms with Crippen molar-refractivity contribution in [2.45, 2.75) is 45.9 Å². The number of hydrogen-bond donors (Lipinski definition) is 2. The molecule has 0 aliphatic carbocycles. The number of rotatable bonds is 7. The summed E-state index contributed by atoms with van der Waals surface area (Å²) in [5, 5.41) is 6.09. The van der Waals surface area contributed by atoms with Crippen molar-refractivity contribution in [1.82, 2.24) is 10.6 Å². The Morgan fingerprint density at radius 2 is 1.91 bits per heavy atom. The third kappa shape index (κ3) is 7.23. The second-order valence-electron chi connectivity index (χ2n) is 6.36. The summed E-state index contributed by atoms with van der Waals surface area (Å²) < 4.78 is 15.8. The summed E-state index contributed by atoms with van der Waals surface area (Å²) >= 11 is 0. The fraction of sp³-hybridized carbons (Fsp3) is 0.588. The van der Waals surface area contributed by atoms with Crippen LogP contribution in [0.3, 0.4) is 0 Å². The minimum Gasteiger partial charge on any atom is -0.497 e. The number of benzene rings is 1. The van der Waals surface area contributed by atoms with Crippen molar-refractivity contribution in [2.75, 3.05) is 20.8 Å². The van der Waals surface area contributed by atoms with Crippen LogP contribution < -0.4 is 20.1 Å². The minimum atomic E-state index is -0.492. The zero-order valence-electron chi connectivity index (χ0n) is 14.9. The second-order valence-corrected chi connectivity index (χ2v) is 6.36. The molecule has 0 bridgehead atoms. The number of alkyl carbamates (subject to hydrolysis) is 1. The Hall–Kier alpha value is -1.95. The van der Waals surface area contributed by atoms with Crippen LogP contribution in [0.25, 0.3) is 0 Å². The monoisotopic (exact) mass is 324 g/mol. The van der Waals surface area contributed by atoms with Gasteiger partial charge in [-0.05, 0) is 33.8 Å². The topological polar surface area (TPSA) is 68.8 Å². The Balaban J connectivity index is 2.43. The van der Waals surface area contributed by atoms with E-state index in [1.807, 2.05) is 45.9 Å². The molecular formula is C17H28N2O4. The van der Waals surface area contributed by atoms with Crippen molar-refractivity contribution in [2.24, 2.45) is 0 Å². The molecule has 1 rings (SSSR count). The number of amides is 1. The standard InChI is InChI=1S/C17H28N2O4/c1-12(19-16(20)23-17(2,3)4)10-18-11-13-7-8-14(21-5)9-15(13)22-6/h7-9,12,18H,10-11H2,1-6H3,(H,19,20). The molecule has 1 atom stereocenters. The first kappa shape index (κ1) is 19.1. The maximum Gasteiger partial charge on any atom is 0.407 e.